The van der Waals surface area contributed by atoms with Crippen LogP contribution in [0.2, 0.25) is 0 Å². The first-order valence-electron chi connectivity index (χ1n) is 7.66. The van der Waals surface area contributed by atoms with Crippen LogP contribution in [0.15, 0.2) is 11.1 Å². The highest BCUT2D eigenvalue weighted by Gasteiger charge is 2.34. The van der Waals surface area contributed by atoms with Crippen LogP contribution in [-0.4, -0.2) is 5.78 Å². The van der Waals surface area contributed by atoms with Gasteiger partial charge in [-0.2, -0.15) is 0 Å². The Morgan fingerprint density at radius 1 is 1.22 bits per heavy atom. The van der Waals surface area contributed by atoms with Crippen molar-refractivity contribution in [2.24, 2.45) is 11.3 Å². The molecule has 1 rings (SSSR count). The van der Waals surface area contributed by atoms with Gasteiger partial charge in [0, 0.05) is 6.42 Å². The van der Waals surface area contributed by atoms with Crippen LogP contribution in [0.5, 0.6) is 0 Å². The monoisotopic (exact) mass is 250 g/mol. The Bertz CT molecular complexity index is 325. The van der Waals surface area contributed by atoms with E-state index in [9.17, 15) is 4.79 Å². The van der Waals surface area contributed by atoms with E-state index in [1.54, 1.807) is 0 Å². The zero-order valence-corrected chi connectivity index (χ0v) is 12.9. The molecule has 18 heavy (non-hydrogen) atoms. The topological polar surface area (TPSA) is 17.1 Å². The molecule has 1 aliphatic rings. The number of hydrogen-bond donors (Lipinski definition) is 0. The normalized spacial score (nSPS) is 25.1. The van der Waals surface area contributed by atoms with Crippen molar-refractivity contribution < 1.29 is 4.79 Å². The number of carbonyl (C=O) groups is 1. The molecule has 1 heteroatoms. The van der Waals surface area contributed by atoms with Gasteiger partial charge in [-0.25, -0.2) is 0 Å². The molecule has 0 saturated heterocycles. The van der Waals surface area contributed by atoms with Gasteiger partial charge in [-0.15, -0.1) is 0 Å². The summed E-state index contributed by atoms with van der Waals surface area (Å²) in [7, 11) is 0. The predicted octanol–water partition coefficient (Wildman–Crippen LogP) is 5.30. The molecular weight excluding hydrogens is 220 g/mol. The Balaban J connectivity index is 2.83. The molecule has 0 bridgehead atoms. The number of ketones is 1. The molecule has 1 nitrogen and oxygen atoms in total. The number of rotatable bonds is 6. The van der Waals surface area contributed by atoms with E-state index in [0.717, 1.165) is 43.6 Å². The second kappa shape index (κ2) is 6.54. The number of hydrogen-bond acceptors (Lipinski definition) is 1. The van der Waals surface area contributed by atoms with Crippen LogP contribution in [0.25, 0.3) is 0 Å². The van der Waals surface area contributed by atoms with Gasteiger partial charge in [0.05, 0.1) is 0 Å². The van der Waals surface area contributed by atoms with E-state index < -0.39 is 0 Å². The largest absolute Gasteiger partial charge is 0.295 e. The molecule has 0 N–H and O–H groups in total. The highest BCUT2D eigenvalue weighted by Crippen LogP contribution is 2.43. The maximum atomic E-state index is 12.3. The molecule has 0 saturated carbocycles. The van der Waals surface area contributed by atoms with E-state index >= 15 is 0 Å². The fourth-order valence-corrected chi connectivity index (χ4v) is 3.18. The van der Waals surface area contributed by atoms with E-state index in [1.165, 1.54) is 18.4 Å². The number of Topliss-reactive ketones (excluding diaryl/α,β-unsaturated/α-hetero) is 1. The van der Waals surface area contributed by atoms with Crippen molar-refractivity contribution in [2.45, 2.75) is 79.6 Å². The van der Waals surface area contributed by atoms with Crippen LogP contribution in [-0.2, 0) is 4.79 Å². The van der Waals surface area contributed by atoms with Crippen molar-refractivity contribution in [1.82, 2.24) is 0 Å². The Hall–Kier alpha value is -0.590. The first-order valence-corrected chi connectivity index (χ1v) is 7.66. The van der Waals surface area contributed by atoms with Crippen LogP contribution in [0, 0.1) is 11.3 Å². The molecule has 0 aliphatic heterocycles. The number of carbonyl (C=O) groups excluding carboxylic acids is 1. The summed E-state index contributed by atoms with van der Waals surface area (Å²) in [6, 6.07) is 0. The summed E-state index contributed by atoms with van der Waals surface area (Å²) in [5.74, 6) is 1.17. The zero-order valence-electron chi connectivity index (χ0n) is 12.9. The summed E-state index contributed by atoms with van der Waals surface area (Å²) >= 11 is 0. The minimum absolute atomic E-state index is 0.227. The third-order valence-corrected chi connectivity index (χ3v) is 4.22. The van der Waals surface area contributed by atoms with Crippen molar-refractivity contribution in [3.05, 3.63) is 11.1 Å². The Morgan fingerprint density at radius 2 is 1.89 bits per heavy atom. The average molecular weight is 250 g/mol. The molecule has 0 heterocycles. The van der Waals surface area contributed by atoms with Gasteiger partial charge in [0.25, 0.3) is 0 Å². The molecular formula is C17H30O. The van der Waals surface area contributed by atoms with E-state index in [1.807, 2.05) is 0 Å². The van der Waals surface area contributed by atoms with Gasteiger partial charge in [0.2, 0.25) is 0 Å². The molecule has 0 aromatic carbocycles. The van der Waals surface area contributed by atoms with Crippen LogP contribution < -0.4 is 0 Å². The second-order valence-electron chi connectivity index (χ2n) is 6.71. The third-order valence-electron chi connectivity index (χ3n) is 4.22. The fraction of sp³-hybridized carbons (Fsp3) is 0.824. The van der Waals surface area contributed by atoms with Gasteiger partial charge in [-0.05, 0) is 42.6 Å². The summed E-state index contributed by atoms with van der Waals surface area (Å²) in [4.78, 5) is 12.3. The van der Waals surface area contributed by atoms with Crippen molar-refractivity contribution in [3.63, 3.8) is 0 Å². The van der Waals surface area contributed by atoms with Crippen LogP contribution >= 0.6 is 0 Å². The summed E-state index contributed by atoms with van der Waals surface area (Å²) < 4.78 is 0. The number of allylic oxidation sites excluding steroid dienone is 2. The smallest absolute Gasteiger partial charge is 0.159 e. The molecule has 0 spiro atoms. The first-order chi connectivity index (χ1) is 8.41. The lowest BCUT2D eigenvalue weighted by Gasteiger charge is -2.36. The maximum absolute atomic E-state index is 12.3. The summed E-state index contributed by atoms with van der Waals surface area (Å²) in [6.07, 6.45) is 7.57. The molecule has 0 aromatic heterocycles. The van der Waals surface area contributed by atoms with Crippen molar-refractivity contribution >= 4 is 5.78 Å². The van der Waals surface area contributed by atoms with E-state index in [0.29, 0.717) is 5.78 Å². The predicted molar refractivity (Wildman–Crippen MR) is 78.6 cm³/mol. The average Bonchev–Trinajstić information content (AvgIpc) is 2.27. The van der Waals surface area contributed by atoms with Gasteiger partial charge >= 0.3 is 0 Å². The molecule has 104 valence electrons. The van der Waals surface area contributed by atoms with Gasteiger partial charge in [-0.3, -0.25) is 4.79 Å². The van der Waals surface area contributed by atoms with Crippen LogP contribution in [0.4, 0.5) is 0 Å². The third kappa shape index (κ3) is 3.96. The van der Waals surface area contributed by atoms with Crippen molar-refractivity contribution in [2.75, 3.05) is 0 Å². The Morgan fingerprint density at radius 3 is 2.39 bits per heavy atom. The molecule has 0 amide bonds. The standard InChI is InChI=1S/C17H30O/c1-6-8-14-11-17(5,10-9-13(3)4)12-16(18)15(14)7-2/h13H,6-12H2,1-5H3. The minimum Gasteiger partial charge on any atom is -0.295 e. The SMILES string of the molecule is CCCC1=C(CC)C(=O)CC(C)(CCC(C)C)C1. The van der Waals surface area contributed by atoms with E-state index in [2.05, 4.69) is 34.6 Å². The Labute approximate surface area is 113 Å². The first kappa shape index (κ1) is 15.5. The van der Waals surface area contributed by atoms with E-state index in [-0.39, 0.29) is 5.41 Å². The zero-order chi connectivity index (χ0) is 13.8. The van der Waals surface area contributed by atoms with Gasteiger partial charge in [0.15, 0.2) is 5.78 Å². The van der Waals surface area contributed by atoms with Gasteiger partial charge in [-0.1, -0.05) is 53.0 Å². The van der Waals surface area contributed by atoms with E-state index in [4.69, 9.17) is 0 Å². The van der Waals surface area contributed by atoms with Gasteiger partial charge < -0.3 is 0 Å². The minimum atomic E-state index is 0.227. The summed E-state index contributed by atoms with van der Waals surface area (Å²) in [5, 5.41) is 0. The summed E-state index contributed by atoms with van der Waals surface area (Å²) in [6.45, 7) is 11.2. The van der Waals surface area contributed by atoms with Crippen molar-refractivity contribution in [1.29, 1.82) is 0 Å². The lowest BCUT2D eigenvalue weighted by Crippen LogP contribution is -2.28. The van der Waals surface area contributed by atoms with Crippen LogP contribution in [0.3, 0.4) is 0 Å². The van der Waals surface area contributed by atoms with Gasteiger partial charge in [0.1, 0.15) is 0 Å². The maximum Gasteiger partial charge on any atom is 0.159 e. The lowest BCUT2D eigenvalue weighted by molar-refractivity contribution is -0.118. The highest BCUT2D eigenvalue weighted by molar-refractivity contribution is 5.97. The second-order valence-corrected chi connectivity index (χ2v) is 6.71. The quantitative estimate of drug-likeness (QED) is 0.625. The highest BCUT2D eigenvalue weighted by atomic mass is 16.1. The molecule has 1 unspecified atom stereocenters. The lowest BCUT2D eigenvalue weighted by atomic mass is 9.68. The summed E-state index contributed by atoms with van der Waals surface area (Å²) in [5.41, 5.74) is 2.84. The van der Waals surface area contributed by atoms with Crippen LogP contribution in [0.1, 0.15) is 79.6 Å². The molecule has 0 aromatic rings. The van der Waals surface area contributed by atoms with Crippen molar-refractivity contribution in [3.8, 4) is 0 Å². The molecule has 0 fully saturated rings. The Kier molecular flexibility index (Phi) is 5.62. The fourth-order valence-electron chi connectivity index (χ4n) is 3.18. The molecule has 1 atom stereocenters. The molecule has 0 radical (unpaired) electrons. The molecule has 1 aliphatic carbocycles.